The Balaban J connectivity index is 2.03. The normalized spacial score (nSPS) is 12.4. The average molecular weight is 333 g/mol. The Morgan fingerprint density at radius 2 is 1.83 bits per heavy atom. The number of rotatable bonds is 6. The average Bonchev–Trinajstić information content (AvgIpc) is 2.92. The molecule has 1 atom stereocenters. The first-order valence-electron chi connectivity index (χ1n) is 7.71. The lowest BCUT2D eigenvalue weighted by atomic mass is 10.1. The van der Waals surface area contributed by atoms with Gasteiger partial charge < -0.3 is 9.73 Å². The highest BCUT2D eigenvalue weighted by Crippen LogP contribution is 2.27. The molecular formula is C17H23N3O2S. The van der Waals surface area contributed by atoms with Crippen LogP contribution in [0.4, 0.5) is 0 Å². The summed E-state index contributed by atoms with van der Waals surface area (Å²) in [5, 5.41) is 11.2. The second-order valence-electron chi connectivity index (χ2n) is 6.15. The molecule has 0 saturated heterocycles. The zero-order chi connectivity index (χ0) is 17.0. The molecule has 0 spiro atoms. The molecule has 1 aromatic heterocycles. The molecule has 2 aromatic rings. The van der Waals surface area contributed by atoms with Crippen LogP contribution in [0.5, 0.6) is 0 Å². The molecule has 1 aromatic carbocycles. The molecule has 0 unspecified atom stereocenters. The zero-order valence-corrected chi connectivity index (χ0v) is 15.0. The van der Waals surface area contributed by atoms with Crippen molar-refractivity contribution in [2.45, 2.75) is 45.1 Å². The second-order valence-corrected chi connectivity index (χ2v) is 7.44. The predicted octanol–water partition coefficient (Wildman–Crippen LogP) is 3.61. The summed E-state index contributed by atoms with van der Waals surface area (Å²) in [5.74, 6) is 0.889. The number of aromatic nitrogens is 2. The number of aryl methyl sites for hydroxylation is 2. The third kappa shape index (κ3) is 5.10. The van der Waals surface area contributed by atoms with Crippen LogP contribution in [0.1, 0.15) is 31.9 Å². The van der Waals surface area contributed by atoms with Gasteiger partial charge in [0, 0.05) is 12.1 Å². The first kappa shape index (κ1) is 17.5. The van der Waals surface area contributed by atoms with Crippen molar-refractivity contribution in [2.75, 3.05) is 6.54 Å². The van der Waals surface area contributed by atoms with Crippen molar-refractivity contribution in [1.82, 2.24) is 15.5 Å². The van der Waals surface area contributed by atoms with Crippen molar-refractivity contribution < 1.29 is 9.21 Å². The van der Waals surface area contributed by atoms with Gasteiger partial charge in [-0.15, -0.1) is 10.2 Å². The molecule has 0 radical (unpaired) electrons. The number of carbonyl (C=O) groups excluding carboxylic acids is 1. The lowest BCUT2D eigenvalue weighted by Gasteiger charge is -2.11. The molecule has 1 N–H and O–H groups in total. The van der Waals surface area contributed by atoms with Gasteiger partial charge in [0.2, 0.25) is 11.8 Å². The number of benzene rings is 1. The molecule has 0 saturated carbocycles. The third-order valence-corrected chi connectivity index (χ3v) is 4.14. The van der Waals surface area contributed by atoms with Crippen molar-refractivity contribution >= 4 is 17.7 Å². The second kappa shape index (κ2) is 7.64. The maximum absolute atomic E-state index is 12.0. The topological polar surface area (TPSA) is 68.0 Å². The minimum Gasteiger partial charge on any atom is -0.411 e. The molecule has 1 heterocycles. The summed E-state index contributed by atoms with van der Waals surface area (Å²) in [6.45, 7) is 10.7. The van der Waals surface area contributed by atoms with E-state index in [9.17, 15) is 4.79 Å². The number of nitrogens with one attached hydrogen (secondary N) is 1. The summed E-state index contributed by atoms with van der Waals surface area (Å²) in [7, 11) is 0. The molecule has 5 nitrogen and oxygen atoms in total. The van der Waals surface area contributed by atoms with E-state index >= 15 is 0 Å². The Morgan fingerprint density at radius 1 is 1.17 bits per heavy atom. The molecule has 1 amide bonds. The third-order valence-electron chi connectivity index (χ3n) is 3.21. The quantitative estimate of drug-likeness (QED) is 0.818. The van der Waals surface area contributed by atoms with Gasteiger partial charge in [-0.25, -0.2) is 0 Å². The van der Waals surface area contributed by atoms with Crippen LogP contribution < -0.4 is 5.32 Å². The minimum atomic E-state index is -0.277. The van der Waals surface area contributed by atoms with Gasteiger partial charge in [0.1, 0.15) is 0 Å². The molecule has 2 rings (SSSR count). The fraction of sp³-hybridized carbons (Fsp3) is 0.471. The Kier molecular flexibility index (Phi) is 5.82. The maximum Gasteiger partial charge on any atom is 0.277 e. The minimum absolute atomic E-state index is 0.0187. The summed E-state index contributed by atoms with van der Waals surface area (Å²) in [6.07, 6.45) is 0. The van der Waals surface area contributed by atoms with Crippen LogP contribution in [0, 0.1) is 19.8 Å². The van der Waals surface area contributed by atoms with Crippen molar-refractivity contribution in [3.05, 3.63) is 29.3 Å². The monoisotopic (exact) mass is 333 g/mol. The van der Waals surface area contributed by atoms with E-state index < -0.39 is 0 Å². The van der Waals surface area contributed by atoms with Gasteiger partial charge in [-0.05, 0) is 38.8 Å². The van der Waals surface area contributed by atoms with Crippen LogP contribution in [0.25, 0.3) is 11.5 Å². The van der Waals surface area contributed by atoms with Gasteiger partial charge in [-0.2, -0.15) is 0 Å². The zero-order valence-electron chi connectivity index (χ0n) is 14.2. The van der Waals surface area contributed by atoms with Crippen molar-refractivity contribution in [2.24, 2.45) is 5.92 Å². The van der Waals surface area contributed by atoms with E-state index in [1.807, 2.05) is 32.9 Å². The van der Waals surface area contributed by atoms with Gasteiger partial charge in [0.25, 0.3) is 5.22 Å². The molecule has 0 fully saturated rings. The number of amides is 1. The molecular weight excluding hydrogens is 310 g/mol. The van der Waals surface area contributed by atoms with Gasteiger partial charge in [0.05, 0.1) is 5.25 Å². The van der Waals surface area contributed by atoms with Crippen LogP contribution >= 0.6 is 11.8 Å². The summed E-state index contributed by atoms with van der Waals surface area (Å²) in [4.78, 5) is 12.0. The highest BCUT2D eigenvalue weighted by molar-refractivity contribution is 8.00. The number of thioether (sulfide) groups is 1. The van der Waals surface area contributed by atoms with E-state index in [1.54, 1.807) is 0 Å². The maximum atomic E-state index is 12.0. The number of carbonyl (C=O) groups is 1. The number of hydrogen-bond acceptors (Lipinski definition) is 5. The summed E-state index contributed by atoms with van der Waals surface area (Å²) in [6, 6.07) is 6.11. The molecule has 0 aliphatic carbocycles. The lowest BCUT2D eigenvalue weighted by molar-refractivity contribution is -0.120. The van der Waals surface area contributed by atoms with Crippen LogP contribution in [-0.4, -0.2) is 27.9 Å². The van der Waals surface area contributed by atoms with Gasteiger partial charge in [-0.1, -0.05) is 42.8 Å². The molecule has 0 aliphatic rings. The smallest absolute Gasteiger partial charge is 0.277 e. The van der Waals surface area contributed by atoms with Crippen LogP contribution in [0.3, 0.4) is 0 Å². The fourth-order valence-corrected chi connectivity index (χ4v) is 2.83. The Morgan fingerprint density at radius 3 is 2.43 bits per heavy atom. The summed E-state index contributed by atoms with van der Waals surface area (Å²) < 4.78 is 5.69. The Hall–Kier alpha value is -1.82. The van der Waals surface area contributed by atoms with E-state index in [2.05, 4.69) is 35.4 Å². The fourth-order valence-electron chi connectivity index (χ4n) is 2.13. The van der Waals surface area contributed by atoms with Crippen molar-refractivity contribution in [1.29, 1.82) is 0 Å². The summed E-state index contributed by atoms with van der Waals surface area (Å²) in [5.41, 5.74) is 3.20. The van der Waals surface area contributed by atoms with E-state index in [0.29, 0.717) is 23.6 Å². The highest BCUT2D eigenvalue weighted by atomic mass is 32.2. The summed E-state index contributed by atoms with van der Waals surface area (Å²) >= 11 is 1.27. The van der Waals surface area contributed by atoms with Crippen molar-refractivity contribution in [3.8, 4) is 11.5 Å². The van der Waals surface area contributed by atoms with Gasteiger partial charge in [-0.3, -0.25) is 4.79 Å². The van der Waals surface area contributed by atoms with Crippen LogP contribution in [0.2, 0.25) is 0 Å². The van der Waals surface area contributed by atoms with E-state index in [4.69, 9.17) is 4.42 Å². The molecule has 0 aliphatic heterocycles. The van der Waals surface area contributed by atoms with Gasteiger partial charge in [0.15, 0.2) is 0 Å². The SMILES string of the molecule is Cc1cc(C)cc(-c2nnc(S[C@H](C)C(=O)NCC(C)C)o2)c1. The van der Waals surface area contributed by atoms with E-state index in [1.165, 1.54) is 11.8 Å². The standard InChI is InChI=1S/C17H23N3O2S/c1-10(2)9-18-15(21)13(5)23-17-20-19-16(22-17)14-7-11(3)6-12(4)8-14/h6-8,10,13H,9H2,1-5H3,(H,18,21)/t13-/m1/s1. The van der Waals surface area contributed by atoms with Crippen LogP contribution in [0.15, 0.2) is 27.8 Å². The predicted molar refractivity (Wildman–Crippen MR) is 92.4 cm³/mol. The van der Waals surface area contributed by atoms with E-state index in [0.717, 1.165) is 16.7 Å². The first-order chi connectivity index (χ1) is 10.8. The Bertz CT molecular complexity index is 662. The number of nitrogens with zero attached hydrogens (tertiary/aromatic N) is 2. The molecule has 6 heteroatoms. The van der Waals surface area contributed by atoms with E-state index in [-0.39, 0.29) is 11.2 Å². The van der Waals surface area contributed by atoms with Gasteiger partial charge >= 0.3 is 0 Å². The largest absolute Gasteiger partial charge is 0.411 e. The lowest BCUT2D eigenvalue weighted by Crippen LogP contribution is -2.33. The Labute approximate surface area is 141 Å². The molecule has 0 bridgehead atoms. The molecule has 124 valence electrons. The molecule has 23 heavy (non-hydrogen) atoms. The van der Waals surface area contributed by atoms with Crippen LogP contribution in [-0.2, 0) is 4.79 Å². The first-order valence-corrected chi connectivity index (χ1v) is 8.59. The highest BCUT2D eigenvalue weighted by Gasteiger charge is 2.18. The van der Waals surface area contributed by atoms with Crippen molar-refractivity contribution in [3.63, 3.8) is 0 Å². The number of hydrogen-bond donors (Lipinski definition) is 1.